The van der Waals surface area contributed by atoms with Crippen LogP contribution in [0, 0.1) is 0 Å². The van der Waals surface area contributed by atoms with Crippen molar-refractivity contribution < 1.29 is 9.53 Å². The third-order valence-electron chi connectivity index (χ3n) is 3.79. The van der Waals surface area contributed by atoms with Gasteiger partial charge in [-0.25, -0.2) is 0 Å². The van der Waals surface area contributed by atoms with E-state index in [0.717, 1.165) is 48.6 Å². The highest BCUT2D eigenvalue weighted by Gasteiger charge is 2.22. The van der Waals surface area contributed by atoms with E-state index >= 15 is 0 Å². The molecule has 2 aliphatic heterocycles. The highest BCUT2D eigenvalue weighted by molar-refractivity contribution is 6.00. The summed E-state index contributed by atoms with van der Waals surface area (Å²) in [6.07, 6.45) is 2.95. The number of amides is 1. The van der Waals surface area contributed by atoms with Gasteiger partial charge >= 0.3 is 0 Å². The number of nitrogens with two attached hydrogens (primary N) is 1. The van der Waals surface area contributed by atoms with E-state index in [1.54, 1.807) is 0 Å². The summed E-state index contributed by atoms with van der Waals surface area (Å²) in [6, 6.07) is 3.86. The minimum atomic E-state index is 0.0355. The molecule has 3 rings (SSSR count). The van der Waals surface area contributed by atoms with Crippen LogP contribution in [-0.2, 0) is 16.0 Å². The fraction of sp³-hybridized carbons (Fsp3) is 0.500. The van der Waals surface area contributed by atoms with Gasteiger partial charge in [0.2, 0.25) is 5.91 Å². The summed E-state index contributed by atoms with van der Waals surface area (Å²) in [5.41, 5.74) is 9.63. The molecule has 0 aliphatic carbocycles. The lowest BCUT2D eigenvalue weighted by Gasteiger charge is -2.24. The summed E-state index contributed by atoms with van der Waals surface area (Å²) >= 11 is 0. The molecule has 0 bridgehead atoms. The molecule has 19 heavy (non-hydrogen) atoms. The average molecular weight is 261 g/mol. The first-order valence-electron chi connectivity index (χ1n) is 6.68. The van der Waals surface area contributed by atoms with Crippen molar-refractivity contribution in [3.05, 3.63) is 17.7 Å². The molecular weight excluding hydrogens is 242 g/mol. The predicted molar refractivity (Wildman–Crippen MR) is 75.4 cm³/mol. The Morgan fingerprint density at radius 2 is 2.37 bits per heavy atom. The van der Waals surface area contributed by atoms with Crippen LogP contribution < -0.4 is 16.0 Å². The van der Waals surface area contributed by atoms with E-state index in [9.17, 15) is 4.79 Å². The third kappa shape index (κ3) is 2.38. The van der Waals surface area contributed by atoms with Gasteiger partial charge in [-0.3, -0.25) is 4.79 Å². The van der Waals surface area contributed by atoms with Crippen LogP contribution in [0.5, 0.6) is 0 Å². The van der Waals surface area contributed by atoms with Gasteiger partial charge in [0.05, 0.1) is 23.9 Å². The molecule has 0 saturated carbocycles. The maximum atomic E-state index is 11.4. The summed E-state index contributed by atoms with van der Waals surface area (Å²) in [6.45, 7) is 1.69. The van der Waals surface area contributed by atoms with E-state index in [4.69, 9.17) is 10.5 Å². The fourth-order valence-electron chi connectivity index (χ4n) is 2.80. The Morgan fingerprint density at radius 3 is 3.11 bits per heavy atom. The number of ether oxygens (including phenoxy) is 1. The molecule has 0 aromatic heterocycles. The van der Waals surface area contributed by atoms with Gasteiger partial charge in [-0.05, 0) is 30.5 Å². The van der Waals surface area contributed by atoms with Crippen LogP contribution in [0.3, 0.4) is 0 Å². The van der Waals surface area contributed by atoms with E-state index in [1.165, 1.54) is 0 Å². The van der Waals surface area contributed by atoms with Crippen LogP contribution in [0.1, 0.15) is 18.4 Å². The summed E-state index contributed by atoms with van der Waals surface area (Å²) in [5, 5.41) is 2.86. The smallest absolute Gasteiger partial charge is 0.228 e. The number of nitrogen functional groups attached to an aromatic ring is 1. The van der Waals surface area contributed by atoms with Gasteiger partial charge in [-0.2, -0.15) is 0 Å². The van der Waals surface area contributed by atoms with Crippen molar-refractivity contribution in [2.24, 2.45) is 0 Å². The average Bonchev–Trinajstić information content (AvgIpc) is 2.96. The summed E-state index contributed by atoms with van der Waals surface area (Å²) < 4.78 is 5.64. The van der Waals surface area contributed by atoms with Crippen molar-refractivity contribution in [3.8, 4) is 0 Å². The molecule has 5 heteroatoms. The van der Waals surface area contributed by atoms with E-state index in [2.05, 4.69) is 10.2 Å². The number of benzene rings is 1. The molecule has 2 aliphatic rings. The van der Waals surface area contributed by atoms with Crippen molar-refractivity contribution in [3.63, 3.8) is 0 Å². The molecule has 1 saturated heterocycles. The Labute approximate surface area is 112 Å². The minimum absolute atomic E-state index is 0.0355. The molecule has 1 aromatic carbocycles. The number of rotatable bonds is 3. The quantitative estimate of drug-likeness (QED) is 0.807. The highest BCUT2D eigenvalue weighted by atomic mass is 16.5. The summed E-state index contributed by atoms with van der Waals surface area (Å²) in [7, 11) is 2.01. The number of likely N-dealkylation sites (N-methyl/N-ethyl adjacent to an activating group) is 1. The van der Waals surface area contributed by atoms with Crippen LogP contribution in [0.4, 0.5) is 17.1 Å². The second-order valence-corrected chi connectivity index (χ2v) is 5.31. The van der Waals surface area contributed by atoms with Crippen LogP contribution in [0.15, 0.2) is 12.1 Å². The van der Waals surface area contributed by atoms with Crippen LogP contribution >= 0.6 is 0 Å². The monoisotopic (exact) mass is 261 g/mol. The third-order valence-corrected chi connectivity index (χ3v) is 3.79. The standard InChI is InChI=1S/C14H19N3O2/c1-17(8-10-3-2-4-19-10)13-7-12-9(5-11(13)15)6-14(18)16-12/h5,7,10H,2-4,6,8,15H2,1H3,(H,16,18). The first kappa shape index (κ1) is 12.3. The topological polar surface area (TPSA) is 67.6 Å². The van der Waals surface area contributed by atoms with E-state index < -0.39 is 0 Å². The predicted octanol–water partition coefficient (Wildman–Crippen LogP) is 1.38. The van der Waals surface area contributed by atoms with Gasteiger partial charge in [0, 0.05) is 25.9 Å². The number of carbonyl (C=O) groups is 1. The number of nitrogens with zero attached hydrogens (tertiary/aromatic N) is 1. The van der Waals surface area contributed by atoms with Gasteiger partial charge in [0.1, 0.15) is 0 Å². The molecule has 1 fully saturated rings. The molecule has 1 unspecified atom stereocenters. The van der Waals surface area contributed by atoms with Crippen molar-refractivity contribution in [2.45, 2.75) is 25.4 Å². The Morgan fingerprint density at radius 1 is 1.53 bits per heavy atom. The number of carbonyl (C=O) groups excluding carboxylic acids is 1. The van der Waals surface area contributed by atoms with Crippen molar-refractivity contribution in [2.75, 3.05) is 36.1 Å². The molecule has 3 N–H and O–H groups in total. The van der Waals surface area contributed by atoms with E-state index in [0.29, 0.717) is 6.42 Å². The Kier molecular flexibility index (Phi) is 3.06. The maximum Gasteiger partial charge on any atom is 0.228 e. The molecule has 5 nitrogen and oxygen atoms in total. The zero-order chi connectivity index (χ0) is 13.4. The Hall–Kier alpha value is -1.75. The molecular formula is C14H19N3O2. The molecule has 0 radical (unpaired) electrons. The molecule has 1 aromatic rings. The first-order chi connectivity index (χ1) is 9.13. The van der Waals surface area contributed by atoms with Gasteiger partial charge in [-0.15, -0.1) is 0 Å². The van der Waals surface area contributed by atoms with Crippen molar-refractivity contribution >= 4 is 23.0 Å². The lowest BCUT2D eigenvalue weighted by molar-refractivity contribution is -0.115. The van der Waals surface area contributed by atoms with Gasteiger partial charge < -0.3 is 20.7 Å². The molecule has 1 amide bonds. The second kappa shape index (κ2) is 4.74. The van der Waals surface area contributed by atoms with Crippen LogP contribution in [-0.4, -0.2) is 32.2 Å². The normalized spacial score (nSPS) is 21.3. The minimum Gasteiger partial charge on any atom is -0.397 e. The Bertz CT molecular complexity index is 510. The van der Waals surface area contributed by atoms with Crippen LogP contribution in [0.2, 0.25) is 0 Å². The summed E-state index contributed by atoms with van der Waals surface area (Å²) in [4.78, 5) is 13.5. The Balaban J connectivity index is 1.80. The highest BCUT2D eigenvalue weighted by Crippen LogP contribution is 2.33. The lowest BCUT2D eigenvalue weighted by Crippen LogP contribution is -2.29. The molecule has 2 heterocycles. The first-order valence-corrected chi connectivity index (χ1v) is 6.68. The van der Waals surface area contributed by atoms with E-state index in [1.807, 2.05) is 19.2 Å². The number of fused-ring (bicyclic) bond motifs is 1. The molecule has 1 atom stereocenters. The van der Waals surface area contributed by atoms with Gasteiger partial charge in [-0.1, -0.05) is 0 Å². The van der Waals surface area contributed by atoms with Gasteiger partial charge in [0.15, 0.2) is 0 Å². The summed E-state index contributed by atoms with van der Waals surface area (Å²) in [5.74, 6) is 0.0355. The van der Waals surface area contributed by atoms with Crippen molar-refractivity contribution in [1.82, 2.24) is 0 Å². The lowest BCUT2D eigenvalue weighted by atomic mass is 10.1. The molecule has 102 valence electrons. The zero-order valence-electron chi connectivity index (χ0n) is 11.1. The molecule has 0 spiro atoms. The number of hydrogen-bond donors (Lipinski definition) is 2. The zero-order valence-corrected chi connectivity index (χ0v) is 11.1. The number of anilines is 3. The SMILES string of the molecule is CN(CC1CCCO1)c1cc2c(cc1N)CC(=O)N2. The van der Waals surface area contributed by atoms with Crippen molar-refractivity contribution in [1.29, 1.82) is 0 Å². The fourth-order valence-corrected chi connectivity index (χ4v) is 2.80. The van der Waals surface area contributed by atoms with Crippen LogP contribution in [0.25, 0.3) is 0 Å². The van der Waals surface area contributed by atoms with E-state index in [-0.39, 0.29) is 12.0 Å². The maximum absolute atomic E-state index is 11.4. The largest absolute Gasteiger partial charge is 0.397 e. The second-order valence-electron chi connectivity index (χ2n) is 5.31. The van der Waals surface area contributed by atoms with Gasteiger partial charge in [0.25, 0.3) is 0 Å². The number of nitrogens with one attached hydrogen (secondary N) is 1. The number of hydrogen-bond acceptors (Lipinski definition) is 4.